The van der Waals surface area contributed by atoms with Crippen molar-refractivity contribution in [2.75, 3.05) is 4.90 Å². The van der Waals surface area contributed by atoms with Crippen molar-refractivity contribution in [1.29, 1.82) is 0 Å². The third kappa shape index (κ3) is 4.87. The maximum atomic E-state index is 2.47. The SMILES string of the molecule is CC1(C)c2ccccc2-c2c(-c3ccc(N(c4ccccc4-c4ccccc4)c4cccc5c4ccc4ccc6ccc7ccccc7c6c45)cc3)cccc21. The smallest absolute Gasteiger partial charge is 0.0540 e. The second kappa shape index (κ2) is 12.5. The first-order chi connectivity index (χ1) is 27.6. The fraction of sp³-hybridized carbons (Fsp3) is 0.0545. The molecule has 0 aliphatic heterocycles. The van der Waals surface area contributed by atoms with Crippen LogP contribution in [0.1, 0.15) is 25.0 Å². The number of rotatable bonds is 5. The lowest BCUT2D eigenvalue weighted by Gasteiger charge is -2.29. The summed E-state index contributed by atoms with van der Waals surface area (Å²) >= 11 is 0. The second-order valence-corrected chi connectivity index (χ2v) is 15.7. The van der Waals surface area contributed by atoms with E-state index in [2.05, 4.69) is 219 Å². The van der Waals surface area contributed by atoms with Gasteiger partial charge >= 0.3 is 0 Å². The predicted molar refractivity (Wildman–Crippen MR) is 240 cm³/mol. The summed E-state index contributed by atoms with van der Waals surface area (Å²) in [6.07, 6.45) is 0. The molecule has 0 unspecified atom stereocenters. The molecule has 1 nitrogen and oxygen atoms in total. The van der Waals surface area contributed by atoms with Crippen molar-refractivity contribution in [3.05, 3.63) is 211 Å². The van der Waals surface area contributed by atoms with Gasteiger partial charge in [-0.1, -0.05) is 190 Å². The van der Waals surface area contributed by atoms with Gasteiger partial charge in [0.25, 0.3) is 0 Å². The number of para-hydroxylation sites is 1. The molecule has 0 amide bonds. The van der Waals surface area contributed by atoms with Gasteiger partial charge in [-0.05, 0) is 101 Å². The van der Waals surface area contributed by atoms with E-state index in [4.69, 9.17) is 0 Å². The van der Waals surface area contributed by atoms with Gasteiger partial charge in [0.05, 0.1) is 11.4 Å². The Morgan fingerprint density at radius 1 is 0.339 bits per heavy atom. The van der Waals surface area contributed by atoms with E-state index in [1.54, 1.807) is 0 Å². The third-order valence-electron chi connectivity index (χ3n) is 12.2. The Labute approximate surface area is 327 Å². The van der Waals surface area contributed by atoms with Crippen molar-refractivity contribution >= 4 is 60.2 Å². The molecule has 11 rings (SSSR count). The van der Waals surface area contributed by atoms with Crippen LogP contribution in [0.15, 0.2) is 200 Å². The van der Waals surface area contributed by atoms with E-state index in [9.17, 15) is 0 Å². The number of benzene rings is 10. The van der Waals surface area contributed by atoms with E-state index >= 15 is 0 Å². The quantitative estimate of drug-likeness (QED) is 0.161. The number of anilines is 3. The fourth-order valence-electron chi connectivity index (χ4n) is 9.58. The predicted octanol–water partition coefficient (Wildman–Crippen LogP) is 15.4. The molecular formula is C55H39N. The maximum Gasteiger partial charge on any atom is 0.0540 e. The van der Waals surface area contributed by atoms with E-state index in [0.717, 1.165) is 17.1 Å². The van der Waals surface area contributed by atoms with Crippen LogP contribution in [0.4, 0.5) is 17.1 Å². The van der Waals surface area contributed by atoms with Crippen LogP contribution in [-0.2, 0) is 5.41 Å². The van der Waals surface area contributed by atoms with Crippen molar-refractivity contribution in [1.82, 2.24) is 0 Å². The van der Waals surface area contributed by atoms with Gasteiger partial charge in [0.15, 0.2) is 0 Å². The topological polar surface area (TPSA) is 3.24 Å². The van der Waals surface area contributed by atoms with Crippen molar-refractivity contribution in [3.8, 4) is 33.4 Å². The molecule has 56 heavy (non-hydrogen) atoms. The van der Waals surface area contributed by atoms with E-state index in [1.165, 1.54) is 87.6 Å². The first-order valence-electron chi connectivity index (χ1n) is 19.6. The summed E-state index contributed by atoms with van der Waals surface area (Å²) in [6.45, 7) is 4.70. The van der Waals surface area contributed by atoms with Crippen LogP contribution in [0.5, 0.6) is 0 Å². The monoisotopic (exact) mass is 713 g/mol. The summed E-state index contributed by atoms with van der Waals surface area (Å²) in [5.41, 5.74) is 13.7. The second-order valence-electron chi connectivity index (χ2n) is 15.7. The third-order valence-corrected chi connectivity index (χ3v) is 12.2. The van der Waals surface area contributed by atoms with Crippen molar-refractivity contribution in [2.24, 2.45) is 0 Å². The van der Waals surface area contributed by atoms with Crippen LogP contribution in [0.25, 0.3) is 76.5 Å². The van der Waals surface area contributed by atoms with Gasteiger partial charge in [-0.25, -0.2) is 0 Å². The highest BCUT2D eigenvalue weighted by atomic mass is 15.1. The molecule has 0 fully saturated rings. The van der Waals surface area contributed by atoms with Crippen molar-refractivity contribution in [3.63, 3.8) is 0 Å². The molecule has 264 valence electrons. The van der Waals surface area contributed by atoms with Crippen molar-refractivity contribution < 1.29 is 0 Å². The minimum Gasteiger partial charge on any atom is -0.309 e. The zero-order chi connectivity index (χ0) is 37.4. The molecule has 0 bridgehead atoms. The molecule has 10 aromatic rings. The lowest BCUT2D eigenvalue weighted by atomic mass is 9.82. The van der Waals surface area contributed by atoms with Crippen LogP contribution >= 0.6 is 0 Å². The molecule has 0 heterocycles. The maximum absolute atomic E-state index is 2.47. The van der Waals surface area contributed by atoms with E-state index in [0.29, 0.717) is 0 Å². The summed E-state index contributed by atoms with van der Waals surface area (Å²) in [6, 6.07) is 73.9. The van der Waals surface area contributed by atoms with Crippen LogP contribution < -0.4 is 4.90 Å². The average molecular weight is 714 g/mol. The normalized spacial score (nSPS) is 13.0. The van der Waals surface area contributed by atoms with Gasteiger partial charge in [0.1, 0.15) is 0 Å². The van der Waals surface area contributed by atoms with Crippen LogP contribution in [-0.4, -0.2) is 0 Å². The number of hydrogen-bond donors (Lipinski definition) is 0. The van der Waals surface area contributed by atoms with Crippen LogP contribution in [0.2, 0.25) is 0 Å². The first-order valence-corrected chi connectivity index (χ1v) is 19.6. The molecule has 0 radical (unpaired) electrons. The van der Waals surface area contributed by atoms with Gasteiger partial charge in [-0.15, -0.1) is 0 Å². The average Bonchev–Trinajstić information content (AvgIpc) is 3.50. The Bertz CT molecular complexity index is 3150. The Hall–Kier alpha value is -6.96. The Morgan fingerprint density at radius 2 is 0.893 bits per heavy atom. The molecule has 0 N–H and O–H groups in total. The highest BCUT2D eigenvalue weighted by molar-refractivity contribution is 6.28. The largest absolute Gasteiger partial charge is 0.309 e. The summed E-state index contributed by atoms with van der Waals surface area (Å²) < 4.78 is 0. The minimum absolute atomic E-state index is 0.0457. The van der Waals surface area contributed by atoms with Crippen LogP contribution in [0, 0.1) is 0 Å². The van der Waals surface area contributed by atoms with Gasteiger partial charge in [-0.3, -0.25) is 0 Å². The van der Waals surface area contributed by atoms with Gasteiger partial charge in [-0.2, -0.15) is 0 Å². The van der Waals surface area contributed by atoms with Crippen molar-refractivity contribution in [2.45, 2.75) is 19.3 Å². The molecule has 0 spiro atoms. The summed E-state index contributed by atoms with van der Waals surface area (Å²) in [5.74, 6) is 0. The van der Waals surface area contributed by atoms with Gasteiger partial charge in [0.2, 0.25) is 0 Å². The zero-order valence-electron chi connectivity index (χ0n) is 31.5. The Kier molecular flexibility index (Phi) is 7.28. The fourth-order valence-corrected chi connectivity index (χ4v) is 9.58. The first kappa shape index (κ1) is 32.5. The minimum atomic E-state index is -0.0457. The Morgan fingerprint density at radius 3 is 1.71 bits per heavy atom. The number of nitrogens with zero attached hydrogens (tertiary/aromatic N) is 1. The summed E-state index contributed by atoms with van der Waals surface area (Å²) in [4.78, 5) is 2.47. The lowest BCUT2D eigenvalue weighted by Crippen LogP contribution is -2.14. The molecule has 1 aliphatic rings. The lowest BCUT2D eigenvalue weighted by molar-refractivity contribution is 0.660. The number of hydrogen-bond acceptors (Lipinski definition) is 1. The molecule has 0 saturated heterocycles. The van der Waals surface area contributed by atoms with E-state index in [1.807, 2.05) is 0 Å². The van der Waals surface area contributed by atoms with E-state index in [-0.39, 0.29) is 5.41 Å². The standard InChI is InChI=1S/C55H39N/c1-55(2)48-22-10-8-19-47(48)54-44(20-12-23-49(54)55)38-30-33-41(34-31-38)56(50-24-11-9-17-42(50)36-14-4-3-5-15-36)51-25-13-21-46-45(51)35-32-40-29-28-39-27-26-37-16-6-7-18-43(37)52(39)53(40)46/h3-35H,1-2H3. The molecule has 1 heteroatoms. The van der Waals surface area contributed by atoms with Gasteiger partial charge in [0, 0.05) is 22.1 Å². The van der Waals surface area contributed by atoms with Crippen LogP contribution in [0.3, 0.4) is 0 Å². The highest BCUT2D eigenvalue weighted by Crippen LogP contribution is 2.52. The van der Waals surface area contributed by atoms with Gasteiger partial charge < -0.3 is 4.90 Å². The molecule has 0 saturated carbocycles. The Balaban J connectivity index is 1.15. The highest BCUT2D eigenvalue weighted by Gasteiger charge is 2.36. The molecule has 10 aromatic carbocycles. The summed E-state index contributed by atoms with van der Waals surface area (Å²) in [7, 11) is 0. The molecule has 1 aliphatic carbocycles. The summed E-state index contributed by atoms with van der Waals surface area (Å²) in [5, 5.41) is 10.1. The molecular weight excluding hydrogens is 675 g/mol. The zero-order valence-corrected chi connectivity index (χ0v) is 31.5. The number of fused-ring (bicyclic) bond motifs is 10. The molecule has 0 atom stereocenters. The molecule has 0 aromatic heterocycles. The van der Waals surface area contributed by atoms with E-state index < -0.39 is 0 Å².